The summed E-state index contributed by atoms with van der Waals surface area (Å²) in [5.74, 6) is 0.306. The molecule has 0 bridgehead atoms. The molecular weight excluding hydrogens is 182 g/mol. The number of esters is 1. The average molecular weight is 191 g/mol. The SMILES string of the molecule is COC(=O)c1ccn2nc(C)nc2c1. The minimum atomic E-state index is -0.367. The van der Waals surface area contributed by atoms with Crippen LogP contribution in [0.25, 0.3) is 5.65 Å². The molecule has 0 unspecified atom stereocenters. The Bertz CT molecular complexity index is 490. The normalized spacial score (nSPS) is 10.4. The maximum atomic E-state index is 11.2. The van der Waals surface area contributed by atoms with Gasteiger partial charge in [-0.3, -0.25) is 0 Å². The van der Waals surface area contributed by atoms with Gasteiger partial charge in [0.1, 0.15) is 5.82 Å². The molecule has 5 nitrogen and oxygen atoms in total. The molecule has 2 rings (SSSR count). The van der Waals surface area contributed by atoms with Gasteiger partial charge in [-0.1, -0.05) is 0 Å². The number of hydrogen-bond donors (Lipinski definition) is 0. The van der Waals surface area contributed by atoms with Crippen molar-refractivity contribution in [1.82, 2.24) is 14.6 Å². The van der Waals surface area contributed by atoms with Crippen LogP contribution in [0.2, 0.25) is 0 Å². The number of hydrogen-bond acceptors (Lipinski definition) is 4. The number of pyridine rings is 1. The van der Waals surface area contributed by atoms with E-state index in [0.29, 0.717) is 17.0 Å². The third-order valence-electron chi connectivity index (χ3n) is 1.86. The smallest absolute Gasteiger partial charge is 0.338 e. The van der Waals surface area contributed by atoms with Crippen molar-refractivity contribution < 1.29 is 9.53 Å². The number of methoxy groups -OCH3 is 1. The Kier molecular flexibility index (Phi) is 1.92. The Labute approximate surface area is 80.3 Å². The van der Waals surface area contributed by atoms with Crippen molar-refractivity contribution >= 4 is 11.6 Å². The van der Waals surface area contributed by atoms with Crippen LogP contribution >= 0.6 is 0 Å². The van der Waals surface area contributed by atoms with Crippen LogP contribution in [0.3, 0.4) is 0 Å². The van der Waals surface area contributed by atoms with Crippen molar-refractivity contribution in [1.29, 1.82) is 0 Å². The number of aromatic nitrogens is 3. The minimum absolute atomic E-state index is 0.367. The molecule has 0 aliphatic heterocycles. The van der Waals surface area contributed by atoms with Gasteiger partial charge in [0.2, 0.25) is 0 Å². The van der Waals surface area contributed by atoms with Crippen LogP contribution in [-0.2, 0) is 4.74 Å². The lowest BCUT2D eigenvalue weighted by molar-refractivity contribution is 0.0600. The first-order chi connectivity index (χ1) is 6.70. The molecule has 5 heteroatoms. The fourth-order valence-corrected chi connectivity index (χ4v) is 1.24. The van der Waals surface area contributed by atoms with Gasteiger partial charge in [-0.25, -0.2) is 14.3 Å². The number of carbonyl (C=O) groups is 1. The van der Waals surface area contributed by atoms with Crippen LogP contribution in [0.4, 0.5) is 0 Å². The van der Waals surface area contributed by atoms with E-state index in [0.717, 1.165) is 0 Å². The highest BCUT2D eigenvalue weighted by molar-refractivity contribution is 5.90. The number of carbonyl (C=O) groups excluding carboxylic acids is 1. The predicted molar refractivity (Wildman–Crippen MR) is 49.1 cm³/mol. The van der Waals surface area contributed by atoms with Gasteiger partial charge in [-0.15, -0.1) is 0 Å². The molecule has 0 saturated heterocycles. The first-order valence-electron chi connectivity index (χ1n) is 4.12. The molecular formula is C9H9N3O2. The highest BCUT2D eigenvalue weighted by Crippen LogP contribution is 2.06. The largest absolute Gasteiger partial charge is 0.465 e. The van der Waals surface area contributed by atoms with E-state index in [1.807, 2.05) is 0 Å². The van der Waals surface area contributed by atoms with Crippen LogP contribution in [0.15, 0.2) is 18.3 Å². The number of ether oxygens (including phenoxy) is 1. The van der Waals surface area contributed by atoms with Crippen LogP contribution in [0.1, 0.15) is 16.2 Å². The molecule has 0 aromatic carbocycles. The van der Waals surface area contributed by atoms with Crippen molar-refractivity contribution in [3.8, 4) is 0 Å². The van der Waals surface area contributed by atoms with Crippen LogP contribution < -0.4 is 0 Å². The number of aryl methyl sites for hydroxylation is 1. The van der Waals surface area contributed by atoms with E-state index in [-0.39, 0.29) is 5.97 Å². The maximum absolute atomic E-state index is 11.2. The van der Waals surface area contributed by atoms with Crippen LogP contribution in [-0.4, -0.2) is 27.7 Å². The van der Waals surface area contributed by atoms with E-state index in [1.165, 1.54) is 7.11 Å². The Hall–Kier alpha value is -1.91. The van der Waals surface area contributed by atoms with Gasteiger partial charge in [0, 0.05) is 6.20 Å². The molecule has 0 N–H and O–H groups in total. The molecule has 2 heterocycles. The summed E-state index contributed by atoms with van der Waals surface area (Å²) in [6, 6.07) is 3.29. The van der Waals surface area contributed by atoms with E-state index >= 15 is 0 Å². The summed E-state index contributed by atoms with van der Waals surface area (Å²) >= 11 is 0. The molecule has 14 heavy (non-hydrogen) atoms. The lowest BCUT2D eigenvalue weighted by atomic mass is 10.3. The highest BCUT2D eigenvalue weighted by Gasteiger charge is 2.07. The molecule has 2 aromatic rings. The zero-order valence-electron chi connectivity index (χ0n) is 7.89. The summed E-state index contributed by atoms with van der Waals surface area (Å²) in [7, 11) is 1.35. The van der Waals surface area contributed by atoms with Gasteiger partial charge in [0.05, 0.1) is 12.7 Å². The summed E-state index contributed by atoms with van der Waals surface area (Å²) in [4.78, 5) is 15.3. The molecule has 0 radical (unpaired) electrons. The van der Waals surface area contributed by atoms with E-state index in [9.17, 15) is 4.79 Å². The van der Waals surface area contributed by atoms with Gasteiger partial charge in [-0.05, 0) is 19.1 Å². The number of rotatable bonds is 1. The molecule has 0 spiro atoms. The molecule has 0 saturated carbocycles. The first kappa shape index (κ1) is 8.68. The quantitative estimate of drug-likeness (QED) is 0.626. The van der Waals surface area contributed by atoms with Crippen molar-refractivity contribution in [2.75, 3.05) is 7.11 Å². The molecule has 0 atom stereocenters. The molecule has 2 aromatic heterocycles. The second kappa shape index (κ2) is 3.10. The van der Waals surface area contributed by atoms with Gasteiger partial charge >= 0.3 is 5.97 Å². The summed E-state index contributed by atoms with van der Waals surface area (Å²) in [5.41, 5.74) is 1.12. The summed E-state index contributed by atoms with van der Waals surface area (Å²) in [5, 5.41) is 4.09. The Morgan fingerprint density at radius 2 is 2.36 bits per heavy atom. The van der Waals surface area contributed by atoms with Crippen molar-refractivity contribution in [3.05, 3.63) is 29.7 Å². The third kappa shape index (κ3) is 1.32. The summed E-state index contributed by atoms with van der Waals surface area (Å²) in [6.45, 7) is 1.80. The minimum Gasteiger partial charge on any atom is -0.465 e. The first-order valence-corrected chi connectivity index (χ1v) is 4.12. The van der Waals surface area contributed by atoms with Gasteiger partial charge in [0.15, 0.2) is 5.65 Å². The molecule has 0 aliphatic carbocycles. The zero-order valence-corrected chi connectivity index (χ0v) is 7.89. The van der Waals surface area contributed by atoms with Gasteiger partial charge in [-0.2, -0.15) is 5.10 Å². The maximum Gasteiger partial charge on any atom is 0.338 e. The van der Waals surface area contributed by atoms with E-state index in [4.69, 9.17) is 0 Å². The molecule has 0 amide bonds. The lowest BCUT2D eigenvalue weighted by Gasteiger charge is -1.97. The number of nitrogens with zero attached hydrogens (tertiary/aromatic N) is 3. The fourth-order valence-electron chi connectivity index (χ4n) is 1.24. The van der Waals surface area contributed by atoms with Crippen molar-refractivity contribution in [3.63, 3.8) is 0 Å². The summed E-state index contributed by atoms with van der Waals surface area (Å²) in [6.07, 6.45) is 1.68. The molecule has 72 valence electrons. The standard InChI is InChI=1S/C9H9N3O2/c1-6-10-8-5-7(9(13)14-2)3-4-12(8)11-6/h3-5H,1-2H3. The van der Waals surface area contributed by atoms with Gasteiger partial charge in [0.25, 0.3) is 0 Å². The number of fused-ring (bicyclic) bond motifs is 1. The molecule has 0 aliphatic rings. The van der Waals surface area contributed by atoms with E-state index in [1.54, 1.807) is 29.8 Å². The van der Waals surface area contributed by atoms with Crippen LogP contribution in [0.5, 0.6) is 0 Å². The van der Waals surface area contributed by atoms with Crippen molar-refractivity contribution in [2.45, 2.75) is 6.92 Å². The second-order valence-corrected chi connectivity index (χ2v) is 2.87. The van der Waals surface area contributed by atoms with E-state index < -0.39 is 0 Å². The predicted octanol–water partition coefficient (Wildman–Crippen LogP) is 0.824. The van der Waals surface area contributed by atoms with Gasteiger partial charge < -0.3 is 4.74 Å². The fraction of sp³-hybridized carbons (Fsp3) is 0.222. The van der Waals surface area contributed by atoms with Crippen LogP contribution in [0, 0.1) is 6.92 Å². The highest BCUT2D eigenvalue weighted by atomic mass is 16.5. The topological polar surface area (TPSA) is 56.5 Å². The lowest BCUT2D eigenvalue weighted by Crippen LogP contribution is -2.02. The van der Waals surface area contributed by atoms with Crippen molar-refractivity contribution in [2.24, 2.45) is 0 Å². The zero-order chi connectivity index (χ0) is 10.1. The van der Waals surface area contributed by atoms with E-state index in [2.05, 4.69) is 14.8 Å². The second-order valence-electron chi connectivity index (χ2n) is 2.87. The Morgan fingerprint density at radius 1 is 1.57 bits per heavy atom. The summed E-state index contributed by atoms with van der Waals surface area (Å²) < 4.78 is 6.21. The Morgan fingerprint density at radius 3 is 3.07 bits per heavy atom. The molecule has 0 fully saturated rings. The third-order valence-corrected chi connectivity index (χ3v) is 1.86. The monoisotopic (exact) mass is 191 g/mol. The average Bonchev–Trinajstić information content (AvgIpc) is 2.55. The Balaban J connectivity index is 2.55.